The summed E-state index contributed by atoms with van der Waals surface area (Å²) in [6, 6.07) is 8.38. The van der Waals surface area contributed by atoms with Crippen molar-refractivity contribution in [3.63, 3.8) is 0 Å². The van der Waals surface area contributed by atoms with Crippen LogP contribution in [0.3, 0.4) is 0 Å². The second-order valence-corrected chi connectivity index (χ2v) is 5.70. The number of amides is 1. The first kappa shape index (κ1) is 13.4. The van der Waals surface area contributed by atoms with Crippen LogP contribution in [-0.2, 0) is 17.6 Å². The van der Waals surface area contributed by atoms with Gasteiger partial charge in [-0.2, -0.15) is 0 Å². The van der Waals surface area contributed by atoms with Gasteiger partial charge in [-0.05, 0) is 29.9 Å². The maximum atomic E-state index is 12.2. The van der Waals surface area contributed by atoms with Crippen molar-refractivity contribution in [2.75, 3.05) is 5.88 Å². The molecule has 0 fully saturated rings. The minimum absolute atomic E-state index is 0.0721. The Kier molecular flexibility index (Phi) is 4.28. The van der Waals surface area contributed by atoms with Crippen molar-refractivity contribution >= 4 is 17.5 Å². The minimum atomic E-state index is 0.0721. The van der Waals surface area contributed by atoms with Crippen molar-refractivity contribution in [1.82, 2.24) is 5.32 Å². The predicted molar refractivity (Wildman–Crippen MR) is 74.8 cm³/mol. The lowest BCUT2D eigenvalue weighted by Crippen LogP contribution is -2.43. The molecule has 0 radical (unpaired) electrons. The highest BCUT2D eigenvalue weighted by molar-refractivity contribution is 6.18. The fourth-order valence-corrected chi connectivity index (χ4v) is 2.86. The Morgan fingerprint density at radius 1 is 1.33 bits per heavy atom. The number of rotatable bonds is 4. The van der Waals surface area contributed by atoms with E-state index in [1.807, 2.05) is 12.1 Å². The van der Waals surface area contributed by atoms with Crippen LogP contribution in [0.1, 0.15) is 25.0 Å². The third-order valence-electron chi connectivity index (χ3n) is 3.72. The van der Waals surface area contributed by atoms with E-state index < -0.39 is 0 Å². The van der Waals surface area contributed by atoms with E-state index in [9.17, 15) is 4.79 Å². The molecule has 1 aliphatic rings. The summed E-state index contributed by atoms with van der Waals surface area (Å²) >= 11 is 5.89. The molecular formula is C15H20ClNO. The van der Waals surface area contributed by atoms with E-state index in [1.165, 1.54) is 11.1 Å². The largest absolute Gasteiger partial charge is 0.352 e. The van der Waals surface area contributed by atoms with Crippen molar-refractivity contribution in [2.45, 2.75) is 32.7 Å². The third-order valence-corrected chi connectivity index (χ3v) is 4.05. The van der Waals surface area contributed by atoms with Crippen LogP contribution in [0.5, 0.6) is 0 Å². The smallest absolute Gasteiger partial charge is 0.224 e. The van der Waals surface area contributed by atoms with Crippen LogP contribution in [0.15, 0.2) is 24.3 Å². The van der Waals surface area contributed by atoms with Gasteiger partial charge in [-0.25, -0.2) is 0 Å². The number of alkyl halides is 1. The molecule has 0 aromatic heterocycles. The molecule has 1 aromatic rings. The topological polar surface area (TPSA) is 29.1 Å². The Labute approximate surface area is 114 Å². The first-order valence-electron chi connectivity index (χ1n) is 6.55. The van der Waals surface area contributed by atoms with Crippen LogP contribution in [0, 0.1) is 11.8 Å². The van der Waals surface area contributed by atoms with Gasteiger partial charge in [0.05, 0.1) is 0 Å². The summed E-state index contributed by atoms with van der Waals surface area (Å²) in [5.74, 6) is 1.07. The lowest BCUT2D eigenvalue weighted by molar-refractivity contribution is -0.125. The van der Waals surface area contributed by atoms with Gasteiger partial charge in [0.1, 0.15) is 0 Å². The van der Waals surface area contributed by atoms with Gasteiger partial charge in [0.25, 0.3) is 0 Å². The highest BCUT2D eigenvalue weighted by atomic mass is 35.5. The molecule has 1 amide bonds. The van der Waals surface area contributed by atoms with E-state index in [4.69, 9.17) is 11.6 Å². The zero-order valence-corrected chi connectivity index (χ0v) is 11.7. The van der Waals surface area contributed by atoms with Gasteiger partial charge in [-0.3, -0.25) is 4.79 Å². The number of hydrogen-bond donors (Lipinski definition) is 1. The summed E-state index contributed by atoms with van der Waals surface area (Å²) in [6.45, 7) is 4.16. The van der Waals surface area contributed by atoms with Gasteiger partial charge in [0.15, 0.2) is 0 Å². The maximum Gasteiger partial charge on any atom is 0.224 e. The van der Waals surface area contributed by atoms with E-state index in [1.54, 1.807) is 0 Å². The van der Waals surface area contributed by atoms with Crippen molar-refractivity contribution in [2.24, 2.45) is 11.8 Å². The van der Waals surface area contributed by atoms with E-state index >= 15 is 0 Å². The number of carbonyl (C=O) groups is 1. The molecule has 0 spiro atoms. The molecule has 2 rings (SSSR count). The van der Waals surface area contributed by atoms with Crippen molar-refractivity contribution < 1.29 is 4.79 Å². The summed E-state index contributed by atoms with van der Waals surface area (Å²) in [4.78, 5) is 12.2. The third kappa shape index (κ3) is 2.86. The molecule has 1 unspecified atom stereocenters. The normalized spacial score (nSPS) is 16.7. The molecule has 0 saturated carbocycles. The number of halogens is 1. The summed E-state index contributed by atoms with van der Waals surface area (Å²) in [5.41, 5.74) is 2.62. The fourth-order valence-electron chi connectivity index (χ4n) is 2.43. The predicted octanol–water partition coefficient (Wildman–Crippen LogP) is 2.78. The van der Waals surface area contributed by atoms with Crippen LogP contribution >= 0.6 is 11.6 Å². The molecule has 0 saturated heterocycles. The van der Waals surface area contributed by atoms with Crippen LogP contribution < -0.4 is 5.32 Å². The molecule has 3 heteroatoms. The van der Waals surface area contributed by atoms with E-state index in [-0.39, 0.29) is 17.9 Å². The zero-order chi connectivity index (χ0) is 13.1. The van der Waals surface area contributed by atoms with Gasteiger partial charge in [0.2, 0.25) is 5.91 Å². The van der Waals surface area contributed by atoms with E-state index in [0.717, 1.165) is 12.8 Å². The molecule has 0 aliphatic heterocycles. The Balaban J connectivity index is 1.97. The fraction of sp³-hybridized carbons (Fsp3) is 0.533. The van der Waals surface area contributed by atoms with Gasteiger partial charge >= 0.3 is 0 Å². The van der Waals surface area contributed by atoms with Crippen LogP contribution in [0.2, 0.25) is 0 Å². The van der Waals surface area contributed by atoms with Crippen molar-refractivity contribution in [3.05, 3.63) is 35.4 Å². The summed E-state index contributed by atoms with van der Waals surface area (Å²) in [7, 11) is 0. The molecular weight excluding hydrogens is 246 g/mol. The van der Waals surface area contributed by atoms with Crippen LogP contribution in [-0.4, -0.2) is 17.8 Å². The monoisotopic (exact) mass is 265 g/mol. The molecule has 1 aliphatic carbocycles. The molecule has 2 nitrogen and oxygen atoms in total. The number of nitrogens with one attached hydrogen (secondary N) is 1. The minimum Gasteiger partial charge on any atom is -0.352 e. The Hall–Kier alpha value is -1.02. The molecule has 1 N–H and O–H groups in total. The molecule has 98 valence electrons. The van der Waals surface area contributed by atoms with Crippen molar-refractivity contribution in [1.29, 1.82) is 0 Å². The average molecular weight is 266 g/mol. The van der Waals surface area contributed by atoms with Gasteiger partial charge in [0, 0.05) is 17.8 Å². The van der Waals surface area contributed by atoms with Gasteiger partial charge in [-0.1, -0.05) is 38.1 Å². The zero-order valence-electron chi connectivity index (χ0n) is 10.9. The maximum absolute atomic E-state index is 12.2. The lowest BCUT2D eigenvalue weighted by atomic mass is 10.0. The Morgan fingerprint density at radius 2 is 1.89 bits per heavy atom. The first-order chi connectivity index (χ1) is 8.61. The standard InChI is InChI=1S/C15H20ClNO/c1-10(2)14(9-16)17-15(18)13-7-11-5-3-4-6-12(11)8-13/h3-6,10,13-14H,7-9H2,1-2H3,(H,17,18). The highest BCUT2D eigenvalue weighted by Crippen LogP contribution is 2.26. The SMILES string of the molecule is CC(C)C(CCl)NC(=O)C1Cc2ccccc2C1. The van der Waals surface area contributed by atoms with Crippen LogP contribution in [0.25, 0.3) is 0 Å². The number of benzene rings is 1. The number of carbonyl (C=O) groups excluding carboxylic acids is 1. The molecule has 0 heterocycles. The lowest BCUT2D eigenvalue weighted by Gasteiger charge is -2.21. The number of fused-ring (bicyclic) bond motifs is 1. The second-order valence-electron chi connectivity index (χ2n) is 5.39. The van der Waals surface area contributed by atoms with Crippen molar-refractivity contribution in [3.8, 4) is 0 Å². The molecule has 1 atom stereocenters. The Morgan fingerprint density at radius 3 is 2.33 bits per heavy atom. The Bertz CT molecular complexity index is 405. The molecule has 0 bridgehead atoms. The quantitative estimate of drug-likeness (QED) is 0.834. The van der Waals surface area contributed by atoms with Gasteiger partial charge in [-0.15, -0.1) is 11.6 Å². The summed E-state index contributed by atoms with van der Waals surface area (Å²) in [5, 5.41) is 3.07. The van der Waals surface area contributed by atoms with Gasteiger partial charge < -0.3 is 5.32 Å². The van der Waals surface area contributed by atoms with Crippen LogP contribution in [0.4, 0.5) is 0 Å². The molecule has 1 aromatic carbocycles. The molecule has 18 heavy (non-hydrogen) atoms. The average Bonchev–Trinajstić information content (AvgIpc) is 2.79. The highest BCUT2D eigenvalue weighted by Gasteiger charge is 2.28. The van der Waals surface area contributed by atoms with E-state index in [2.05, 4.69) is 31.3 Å². The first-order valence-corrected chi connectivity index (χ1v) is 7.08. The summed E-state index contributed by atoms with van der Waals surface area (Å²) < 4.78 is 0. The summed E-state index contributed by atoms with van der Waals surface area (Å²) in [6.07, 6.45) is 1.71. The number of hydrogen-bond acceptors (Lipinski definition) is 1. The second kappa shape index (κ2) is 5.75. The van der Waals surface area contributed by atoms with E-state index in [0.29, 0.717) is 11.8 Å².